The fourth-order valence-electron chi connectivity index (χ4n) is 2.07. The molecule has 1 aromatic rings. The first-order chi connectivity index (χ1) is 10.1. The number of morpholine rings is 1. The van der Waals surface area contributed by atoms with Crippen LogP contribution < -0.4 is 5.32 Å². The maximum absolute atomic E-state index is 12.1. The number of aliphatic carboxylic acids is 1. The van der Waals surface area contributed by atoms with Crippen LogP contribution in [0.25, 0.3) is 0 Å². The van der Waals surface area contributed by atoms with Gasteiger partial charge in [0.15, 0.2) is 0 Å². The van der Waals surface area contributed by atoms with Crippen LogP contribution in [0.2, 0.25) is 0 Å². The van der Waals surface area contributed by atoms with Gasteiger partial charge >= 0.3 is 12.0 Å². The second kappa shape index (κ2) is 7.04. The number of imidazole rings is 1. The number of aliphatic hydroxyl groups is 1. The van der Waals surface area contributed by atoms with Crippen molar-refractivity contribution in [1.29, 1.82) is 0 Å². The lowest BCUT2D eigenvalue weighted by atomic mass is 10.1. The summed E-state index contributed by atoms with van der Waals surface area (Å²) >= 11 is 0. The standard InChI is InChI=1S/C12H18N4O5/c17-6-9-5-16(1-2-21-9)12(20)15-10(11(18)19)3-8-4-13-7-14-8/h4,7,9-10,17H,1-3,5-6H2,(H,13,14)(H,15,20)(H,18,19)/t9?,10-/m1/s1. The van der Waals surface area contributed by atoms with Gasteiger partial charge in [-0.15, -0.1) is 0 Å². The fourth-order valence-corrected chi connectivity index (χ4v) is 2.07. The average molecular weight is 298 g/mol. The highest BCUT2D eigenvalue weighted by Gasteiger charge is 2.27. The van der Waals surface area contributed by atoms with E-state index in [0.29, 0.717) is 18.8 Å². The Bertz CT molecular complexity index is 478. The van der Waals surface area contributed by atoms with Crippen LogP contribution in [0.1, 0.15) is 5.69 Å². The van der Waals surface area contributed by atoms with Gasteiger partial charge in [0, 0.05) is 24.9 Å². The zero-order valence-corrected chi connectivity index (χ0v) is 11.4. The van der Waals surface area contributed by atoms with Crippen LogP contribution in [0, 0.1) is 0 Å². The van der Waals surface area contributed by atoms with Crippen LogP contribution in [0.15, 0.2) is 12.5 Å². The van der Waals surface area contributed by atoms with Gasteiger partial charge in [0.1, 0.15) is 6.04 Å². The molecule has 2 amide bonds. The number of carbonyl (C=O) groups is 2. The van der Waals surface area contributed by atoms with Gasteiger partial charge in [0.05, 0.1) is 32.2 Å². The number of amides is 2. The number of ether oxygens (including phenoxy) is 1. The Labute approximate surface area is 120 Å². The van der Waals surface area contributed by atoms with E-state index in [0.717, 1.165) is 0 Å². The van der Waals surface area contributed by atoms with Crippen LogP contribution in [-0.2, 0) is 16.0 Å². The number of rotatable bonds is 5. The SMILES string of the molecule is O=C(O)[C@@H](Cc1cnc[nH]1)NC(=O)N1CCOC(CO)C1. The summed E-state index contributed by atoms with van der Waals surface area (Å²) < 4.78 is 5.24. The molecule has 0 aromatic carbocycles. The van der Waals surface area contributed by atoms with Gasteiger partial charge in [-0.2, -0.15) is 0 Å². The Morgan fingerprint density at radius 2 is 2.43 bits per heavy atom. The molecule has 1 saturated heterocycles. The molecule has 116 valence electrons. The van der Waals surface area contributed by atoms with Gasteiger partial charge in [-0.25, -0.2) is 14.6 Å². The predicted molar refractivity (Wildman–Crippen MR) is 70.6 cm³/mol. The van der Waals surface area contributed by atoms with Gasteiger partial charge < -0.3 is 30.2 Å². The molecule has 1 fully saturated rings. The number of aliphatic hydroxyl groups excluding tert-OH is 1. The van der Waals surface area contributed by atoms with Crippen molar-refractivity contribution >= 4 is 12.0 Å². The van der Waals surface area contributed by atoms with Crippen molar-refractivity contribution in [3.05, 3.63) is 18.2 Å². The number of nitrogens with zero attached hydrogens (tertiary/aromatic N) is 2. The lowest BCUT2D eigenvalue weighted by Crippen LogP contribution is -2.54. The molecule has 2 heterocycles. The van der Waals surface area contributed by atoms with Gasteiger partial charge in [0.2, 0.25) is 0 Å². The number of carbonyl (C=O) groups excluding carboxylic acids is 1. The van der Waals surface area contributed by atoms with E-state index in [1.54, 1.807) is 0 Å². The second-order valence-electron chi connectivity index (χ2n) is 4.74. The summed E-state index contributed by atoms with van der Waals surface area (Å²) in [4.78, 5) is 31.4. The largest absolute Gasteiger partial charge is 0.480 e. The van der Waals surface area contributed by atoms with Gasteiger partial charge in [-0.05, 0) is 0 Å². The van der Waals surface area contributed by atoms with Crippen LogP contribution in [0.3, 0.4) is 0 Å². The molecule has 0 spiro atoms. The highest BCUT2D eigenvalue weighted by molar-refractivity contribution is 5.82. The summed E-state index contributed by atoms with van der Waals surface area (Å²) in [6, 6.07) is -1.53. The number of urea groups is 1. The zero-order chi connectivity index (χ0) is 15.2. The molecule has 1 aliphatic heterocycles. The first-order valence-corrected chi connectivity index (χ1v) is 6.58. The number of aromatic amines is 1. The van der Waals surface area contributed by atoms with E-state index < -0.39 is 24.1 Å². The molecule has 1 aromatic heterocycles. The average Bonchev–Trinajstić information content (AvgIpc) is 2.99. The fraction of sp³-hybridized carbons (Fsp3) is 0.583. The summed E-state index contributed by atoms with van der Waals surface area (Å²) in [5, 5.41) is 20.7. The molecule has 0 radical (unpaired) electrons. The van der Waals surface area contributed by atoms with Crippen molar-refractivity contribution in [2.75, 3.05) is 26.3 Å². The minimum absolute atomic E-state index is 0.120. The van der Waals surface area contributed by atoms with Crippen LogP contribution in [0.5, 0.6) is 0 Å². The Morgan fingerprint density at radius 1 is 1.62 bits per heavy atom. The first-order valence-electron chi connectivity index (χ1n) is 6.58. The molecule has 4 N–H and O–H groups in total. The molecular weight excluding hydrogens is 280 g/mol. The van der Waals surface area contributed by atoms with E-state index in [9.17, 15) is 14.7 Å². The van der Waals surface area contributed by atoms with E-state index in [2.05, 4.69) is 15.3 Å². The van der Waals surface area contributed by atoms with E-state index in [1.807, 2.05) is 0 Å². The quantitative estimate of drug-likeness (QED) is 0.541. The molecule has 0 bridgehead atoms. The van der Waals surface area contributed by atoms with Crippen LogP contribution in [-0.4, -0.2) is 75.5 Å². The zero-order valence-electron chi connectivity index (χ0n) is 11.4. The number of nitrogens with one attached hydrogen (secondary N) is 2. The normalized spacial score (nSPS) is 20.0. The minimum Gasteiger partial charge on any atom is -0.480 e. The molecule has 0 aliphatic carbocycles. The molecular formula is C12H18N4O5. The molecule has 9 heteroatoms. The smallest absolute Gasteiger partial charge is 0.326 e. The van der Waals surface area contributed by atoms with Gasteiger partial charge in [-0.1, -0.05) is 0 Å². The number of H-pyrrole nitrogens is 1. The Hall–Kier alpha value is -2.13. The topological polar surface area (TPSA) is 128 Å². The van der Waals surface area contributed by atoms with Crippen molar-refractivity contribution in [1.82, 2.24) is 20.2 Å². The monoisotopic (exact) mass is 298 g/mol. The number of aromatic nitrogens is 2. The molecule has 0 saturated carbocycles. The molecule has 2 atom stereocenters. The first kappa shape index (κ1) is 15.3. The van der Waals surface area contributed by atoms with Crippen molar-refractivity contribution in [3.8, 4) is 0 Å². The van der Waals surface area contributed by atoms with Gasteiger partial charge in [-0.3, -0.25) is 0 Å². The Morgan fingerprint density at radius 3 is 3.05 bits per heavy atom. The Kier molecular flexibility index (Phi) is 5.12. The van der Waals surface area contributed by atoms with Crippen LogP contribution >= 0.6 is 0 Å². The summed E-state index contributed by atoms with van der Waals surface area (Å²) in [6.45, 7) is 0.731. The maximum atomic E-state index is 12.1. The van der Waals surface area contributed by atoms with E-state index >= 15 is 0 Å². The van der Waals surface area contributed by atoms with Gasteiger partial charge in [0.25, 0.3) is 0 Å². The van der Waals surface area contributed by atoms with Crippen molar-refractivity contribution in [2.45, 2.75) is 18.6 Å². The predicted octanol–water partition coefficient (Wildman–Crippen LogP) is -1.19. The summed E-state index contributed by atoms with van der Waals surface area (Å²) in [5.74, 6) is -1.12. The van der Waals surface area contributed by atoms with Crippen LogP contribution in [0.4, 0.5) is 4.79 Å². The molecule has 2 rings (SSSR count). The third-order valence-corrected chi connectivity index (χ3v) is 3.20. The lowest BCUT2D eigenvalue weighted by Gasteiger charge is -2.32. The third kappa shape index (κ3) is 4.17. The highest BCUT2D eigenvalue weighted by atomic mass is 16.5. The number of carboxylic acids is 1. The van der Waals surface area contributed by atoms with Crippen molar-refractivity contribution in [2.24, 2.45) is 0 Å². The van der Waals surface area contributed by atoms with Crippen molar-refractivity contribution < 1.29 is 24.5 Å². The molecule has 1 aliphatic rings. The lowest BCUT2D eigenvalue weighted by molar-refractivity contribution is -0.139. The number of hydrogen-bond donors (Lipinski definition) is 4. The van der Waals surface area contributed by atoms with E-state index in [1.165, 1.54) is 17.4 Å². The Balaban J connectivity index is 1.93. The molecule has 21 heavy (non-hydrogen) atoms. The number of hydrogen-bond acceptors (Lipinski definition) is 5. The maximum Gasteiger partial charge on any atom is 0.326 e. The second-order valence-corrected chi connectivity index (χ2v) is 4.74. The molecule has 1 unspecified atom stereocenters. The number of carboxylic acid groups (broad SMARTS) is 1. The highest BCUT2D eigenvalue weighted by Crippen LogP contribution is 2.06. The van der Waals surface area contributed by atoms with E-state index in [4.69, 9.17) is 9.84 Å². The summed E-state index contributed by atoms with van der Waals surface area (Å²) in [5.41, 5.74) is 0.623. The molecule has 9 nitrogen and oxygen atoms in total. The summed E-state index contributed by atoms with van der Waals surface area (Å²) in [6.07, 6.45) is 2.65. The minimum atomic E-state index is -1.12. The van der Waals surface area contributed by atoms with Crippen molar-refractivity contribution in [3.63, 3.8) is 0 Å². The third-order valence-electron chi connectivity index (χ3n) is 3.20. The van der Waals surface area contributed by atoms with E-state index in [-0.39, 0.29) is 19.6 Å². The summed E-state index contributed by atoms with van der Waals surface area (Å²) in [7, 11) is 0.